The van der Waals surface area contributed by atoms with Crippen LogP contribution in [0.5, 0.6) is 0 Å². The van der Waals surface area contributed by atoms with Crippen molar-refractivity contribution >= 4 is 28.7 Å². The molecule has 1 fully saturated rings. The highest BCUT2D eigenvalue weighted by atomic mass is 19.4. The van der Waals surface area contributed by atoms with Gasteiger partial charge in [-0.3, -0.25) is 9.59 Å². The second-order valence-electron chi connectivity index (χ2n) is 10.5. The molecule has 3 aromatic rings. The normalized spacial score (nSPS) is 20.2. The SMILES string of the molecule is CC(C)CC(C(=O)NCc1cccc(C(F)(F)F)c1)N1C(=O)N2CCc3c([nH]c4ccccc34)C2(C)C1=O. The number of carbonyl (C=O) groups excluding carboxylic acids is 3. The molecule has 10 heteroatoms. The second kappa shape index (κ2) is 9.18. The fourth-order valence-electron chi connectivity index (χ4n) is 5.63. The number of H-pyrrole nitrogens is 1. The van der Waals surface area contributed by atoms with Crippen molar-refractivity contribution in [3.05, 3.63) is 70.9 Å². The summed E-state index contributed by atoms with van der Waals surface area (Å²) in [5.41, 5.74) is 0.668. The predicted octanol–water partition coefficient (Wildman–Crippen LogP) is 4.95. The largest absolute Gasteiger partial charge is 0.416 e. The molecule has 0 bridgehead atoms. The van der Waals surface area contributed by atoms with E-state index in [1.807, 2.05) is 38.1 Å². The van der Waals surface area contributed by atoms with Gasteiger partial charge in [-0.2, -0.15) is 13.2 Å². The number of alkyl halides is 3. The molecule has 0 aliphatic carbocycles. The Morgan fingerprint density at radius 3 is 2.58 bits per heavy atom. The molecular formula is C28H29F3N4O3. The van der Waals surface area contributed by atoms with Crippen molar-refractivity contribution in [2.75, 3.05) is 6.54 Å². The van der Waals surface area contributed by atoms with Crippen LogP contribution >= 0.6 is 0 Å². The van der Waals surface area contributed by atoms with Crippen LogP contribution in [0.15, 0.2) is 48.5 Å². The smallest absolute Gasteiger partial charge is 0.356 e. The van der Waals surface area contributed by atoms with E-state index in [0.717, 1.165) is 33.5 Å². The van der Waals surface area contributed by atoms with Crippen molar-refractivity contribution in [1.82, 2.24) is 20.1 Å². The van der Waals surface area contributed by atoms with Gasteiger partial charge in [-0.25, -0.2) is 9.69 Å². The number of para-hydroxylation sites is 1. The van der Waals surface area contributed by atoms with E-state index >= 15 is 0 Å². The van der Waals surface area contributed by atoms with Crippen LogP contribution in [0.1, 0.15) is 49.6 Å². The van der Waals surface area contributed by atoms with Crippen molar-refractivity contribution in [2.45, 2.75) is 57.9 Å². The number of benzene rings is 2. The van der Waals surface area contributed by atoms with Gasteiger partial charge in [0.05, 0.1) is 11.3 Å². The van der Waals surface area contributed by atoms with Crippen LogP contribution in [0.3, 0.4) is 0 Å². The zero-order valence-electron chi connectivity index (χ0n) is 21.4. The lowest BCUT2D eigenvalue weighted by atomic mass is 9.87. The number of fused-ring (bicyclic) bond motifs is 5. The molecule has 2 N–H and O–H groups in total. The van der Waals surface area contributed by atoms with Gasteiger partial charge >= 0.3 is 12.2 Å². The quantitative estimate of drug-likeness (QED) is 0.446. The molecule has 5 rings (SSSR count). The first kappa shape index (κ1) is 25.8. The summed E-state index contributed by atoms with van der Waals surface area (Å²) in [7, 11) is 0. The molecule has 0 radical (unpaired) electrons. The number of carbonyl (C=O) groups is 3. The second-order valence-corrected chi connectivity index (χ2v) is 10.5. The molecule has 2 aliphatic heterocycles. The fourth-order valence-corrected chi connectivity index (χ4v) is 5.63. The summed E-state index contributed by atoms with van der Waals surface area (Å²) in [6.07, 6.45) is -3.72. The van der Waals surface area contributed by atoms with E-state index < -0.39 is 41.2 Å². The minimum atomic E-state index is -4.50. The van der Waals surface area contributed by atoms with Gasteiger partial charge in [0.25, 0.3) is 5.91 Å². The number of halogens is 3. The molecule has 200 valence electrons. The maximum atomic E-state index is 14.0. The zero-order chi connectivity index (χ0) is 27.4. The van der Waals surface area contributed by atoms with E-state index in [1.165, 1.54) is 17.0 Å². The molecular weight excluding hydrogens is 497 g/mol. The Hall–Kier alpha value is -3.82. The van der Waals surface area contributed by atoms with Gasteiger partial charge in [0, 0.05) is 24.0 Å². The molecule has 0 saturated carbocycles. The first-order valence-electron chi connectivity index (χ1n) is 12.6. The highest BCUT2D eigenvalue weighted by molar-refractivity contribution is 6.11. The van der Waals surface area contributed by atoms with Crippen molar-refractivity contribution in [3.63, 3.8) is 0 Å². The summed E-state index contributed by atoms with van der Waals surface area (Å²) < 4.78 is 39.3. The Morgan fingerprint density at radius 1 is 1.13 bits per heavy atom. The molecule has 4 amide bonds. The summed E-state index contributed by atoms with van der Waals surface area (Å²) in [6, 6.07) is 10.8. The molecule has 0 spiro atoms. The lowest BCUT2D eigenvalue weighted by Crippen LogP contribution is -2.51. The van der Waals surface area contributed by atoms with E-state index in [9.17, 15) is 27.6 Å². The molecule has 1 saturated heterocycles. The fraction of sp³-hybridized carbons (Fsp3) is 0.393. The summed E-state index contributed by atoms with van der Waals surface area (Å²) >= 11 is 0. The van der Waals surface area contributed by atoms with Crippen LogP contribution < -0.4 is 5.32 Å². The zero-order valence-corrected chi connectivity index (χ0v) is 21.4. The van der Waals surface area contributed by atoms with Crippen molar-refractivity contribution < 1.29 is 27.6 Å². The number of aromatic nitrogens is 1. The van der Waals surface area contributed by atoms with Crippen LogP contribution in [0, 0.1) is 5.92 Å². The van der Waals surface area contributed by atoms with Gasteiger partial charge in [-0.05, 0) is 55.0 Å². The van der Waals surface area contributed by atoms with Crippen LogP contribution in [0.4, 0.5) is 18.0 Å². The molecule has 2 unspecified atom stereocenters. The monoisotopic (exact) mass is 526 g/mol. The average Bonchev–Trinajstić information content (AvgIpc) is 3.34. The summed E-state index contributed by atoms with van der Waals surface area (Å²) in [6.45, 7) is 5.62. The summed E-state index contributed by atoms with van der Waals surface area (Å²) in [5, 5.41) is 3.66. The number of amides is 4. The van der Waals surface area contributed by atoms with E-state index in [1.54, 1.807) is 6.92 Å². The van der Waals surface area contributed by atoms with Gasteiger partial charge in [-0.15, -0.1) is 0 Å². The number of hydrogen-bond acceptors (Lipinski definition) is 3. The third-order valence-corrected chi connectivity index (χ3v) is 7.53. The minimum Gasteiger partial charge on any atom is -0.356 e. The third-order valence-electron chi connectivity index (χ3n) is 7.53. The maximum absolute atomic E-state index is 14.0. The number of aromatic amines is 1. The number of imide groups is 1. The van der Waals surface area contributed by atoms with Crippen LogP contribution in [0.2, 0.25) is 0 Å². The standard InChI is InChI=1S/C28H29F3N4O3/c1-16(2)13-22(24(36)32-15-17-7-6-8-18(14-17)28(29,30)31)35-25(37)27(3)23-20(11-12-34(27)26(35)38)19-9-4-5-10-21(19)33-23/h4-10,14,16,22,33H,11-13,15H2,1-3H3,(H,32,36). The molecule has 2 atom stereocenters. The Balaban J connectivity index is 1.44. The molecule has 1 aromatic heterocycles. The lowest BCUT2D eigenvalue weighted by Gasteiger charge is -2.36. The average molecular weight is 527 g/mol. The van der Waals surface area contributed by atoms with Crippen LogP contribution in [-0.2, 0) is 34.3 Å². The number of nitrogens with zero attached hydrogens (tertiary/aromatic N) is 2. The van der Waals surface area contributed by atoms with Crippen molar-refractivity contribution in [2.24, 2.45) is 5.92 Å². The van der Waals surface area contributed by atoms with E-state index in [2.05, 4.69) is 10.3 Å². The Morgan fingerprint density at radius 2 is 1.87 bits per heavy atom. The predicted molar refractivity (Wildman–Crippen MR) is 135 cm³/mol. The molecule has 38 heavy (non-hydrogen) atoms. The number of hydrogen-bond donors (Lipinski definition) is 2. The Labute approximate surface area is 218 Å². The first-order chi connectivity index (χ1) is 17.9. The molecule has 3 heterocycles. The number of nitrogens with one attached hydrogen (secondary N) is 2. The maximum Gasteiger partial charge on any atom is 0.416 e. The molecule has 7 nitrogen and oxygen atoms in total. The summed E-state index contributed by atoms with van der Waals surface area (Å²) in [5.74, 6) is -1.11. The Kier molecular flexibility index (Phi) is 6.24. The van der Waals surface area contributed by atoms with Gasteiger partial charge in [-0.1, -0.05) is 44.2 Å². The first-order valence-corrected chi connectivity index (χ1v) is 12.6. The molecule has 2 aromatic carbocycles. The highest BCUT2D eigenvalue weighted by Crippen LogP contribution is 2.45. The topological polar surface area (TPSA) is 85.5 Å². The number of urea groups is 1. The van der Waals surface area contributed by atoms with Crippen LogP contribution in [-0.4, -0.2) is 45.2 Å². The van der Waals surface area contributed by atoms with Crippen molar-refractivity contribution in [3.8, 4) is 0 Å². The van der Waals surface area contributed by atoms with Gasteiger partial charge in [0.15, 0.2) is 5.54 Å². The van der Waals surface area contributed by atoms with E-state index in [4.69, 9.17) is 0 Å². The van der Waals surface area contributed by atoms with Gasteiger partial charge in [0.2, 0.25) is 5.91 Å². The highest BCUT2D eigenvalue weighted by Gasteiger charge is 2.60. The Bertz CT molecular complexity index is 1430. The third kappa shape index (κ3) is 4.12. The number of rotatable bonds is 6. The van der Waals surface area contributed by atoms with Crippen LogP contribution in [0.25, 0.3) is 10.9 Å². The van der Waals surface area contributed by atoms with Crippen molar-refractivity contribution in [1.29, 1.82) is 0 Å². The molecule has 2 aliphatic rings. The minimum absolute atomic E-state index is 0.0334. The van der Waals surface area contributed by atoms with E-state index in [0.29, 0.717) is 18.7 Å². The summed E-state index contributed by atoms with van der Waals surface area (Å²) in [4.78, 5) is 47.0. The van der Waals surface area contributed by atoms with Gasteiger partial charge < -0.3 is 15.2 Å². The van der Waals surface area contributed by atoms with Gasteiger partial charge in [0.1, 0.15) is 6.04 Å². The van der Waals surface area contributed by atoms with E-state index in [-0.39, 0.29) is 24.4 Å². The lowest BCUT2D eigenvalue weighted by molar-refractivity contribution is -0.140.